The van der Waals surface area contributed by atoms with Crippen LogP contribution in [-0.4, -0.2) is 69.9 Å². The Morgan fingerprint density at radius 2 is 1.84 bits per heavy atom. The molecule has 13 heteroatoms. The Kier molecular flexibility index (Phi) is 7.63. The van der Waals surface area contributed by atoms with Gasteiger partial charge in [-0.1, -0.05) is 25.4 Å². The fourth-order valence-corrected chi connectivity index (χ4v) is 6.61. The number of fused-ring (bicyclic) bond motifs is 4. The van der Waals surface area contributed by atoms with E-state index in [0.29, 0.717) is 46.8 Å². The molecule has 230 valence electrons. The maximum absolute atomic E-state index is 15.7. The number of ether oxygens (including phenoxy) is 1. The third kappa shape index (κ3) is 5.42. The monoisotopic (exact) mass is 638 g/mol. The lowest BCUT2D eigenvalue weighted by Crippen LogP contribution is -2.64. The maximum Gasteiger partial charge on any atom is 0.241 e. The van der Waals surface area contributed by atoms with E-state index >= 15 is 4.39 Å². The van der Waals surface area contributed by atoms with Crippen molar-refractivity contribution < 1.29 is 22.3 Å². The number of likely N-dealkylation sites (N-methyl/N-ethyl adjacent to an activating group) is 1. The van der Waals surface area contributed by atoms with Crippen LogP contribution in [0.15, 0.2) is 54.9 Å². The summed E-state index contributed by atoms with van der Waals surface area (Å²) < 4.78 is 48.2. The fraction of sp³-hybridized carbons (Fsp3) is 0.323. The molecule has 4 heterocycles. The molecule has 0 radical (unpaired) electrons. The first-order valence-electron chi connectivity index (χ1n) is 14.1. The van der Waals surface area contributed by atoms with Gasteiger partial charge >= 0.3 is 0 Å². The number of pyridine rings is 2. The van der Waals surface area contributed by atoms with Gasteiger partial charge in [-0.25, -0.2) is 17.8 Å². The van der Waals surface area contributed by atoms with Gasteiger partial charge in [-0.3, -0.25) is 14.5 Å². The molecule has 0 bridgehead atoms. The molecule has 0 atom stereocenters. The standard InChI is InChI=1S/C31H32ClFN6O4S/c1-18(2)34-9-10-43-29-26(37-44(4,41)42)11-19(14-36-29)22-12-23-25(13-24(22)33)35-15-27-28(23)31(30(40)38(27)3)16-39(17-31)21-7-5-20(32)6-8-21/h5-8,11-15,18,34,37H,9-10,16-17H2,1-4H3. The second kappa shape index (κ2) is 11.2. The summed E-state index contributed by atoms with van der Waals surface area (Å²) in [6.07, 6.45) is 4.08. The van der Waals surface area contributed by atoms with Crippen molar-refractivity contribution in [2.24, 2.45) is 0 Å². The Bertz CT molecular complexity index is 1880. The molecule has 1 saturated heterocycles. The lowest BCUT2D eigenvalue weighted by molar-refractivity contribution is -0.123. The van der Waals surface area contributed by atoms with Crippen LogP contribution in [0.25, 0.3) is 22.0 Å². The van der Waals surface area contributed by atoms with Crippen LogP contribution < -0.4 is 24.6 Å². The van der Waals surface area contributed by atoms with Gasteiger partial charge in [0.2, 0.25) is 21.8 Å². The van der Waals surface area contributed by atoms with Gasteiger partial charge in [0.1, 0.15) is 23.5 Å². The zero-order valence-corrected chi connectivity index (χ0v) is 26.3. The second-order valence-electron chi connectivity index (χ2n) is 11.6. The molecule has 2 aromatic heterocycles. The van der Waals surface area contributed by atoms with E-state index < -0.39 is 21.3 Å². The summed E-state index contributed by atoms with van der Waals surface area (Å²) in [6, 6.07) is 12.2. The summed E-state index contributed by atoms with van der Waals surface area (Å²) in [6.45, 7) is 5.67. The van der Waals surface area contributed by atoms with E-state index in [0.717, 1.165) is 17.5 Å². The van der Waals surface area contributed by atoms with E-state index in [1.165, 1.54) is 18.3 Å². The highest BCUT2D eigenvalue weighted by molar-refractivity contribution is 7.92. The molecule has 0 unspecified atom stereocenters. The van der Waals surface area contributed by atoms with Crippen LogP contribution in [0, 0.1) is 5.82 Å². The van der Waals surface area contributed by atoms with Gasteiger partial charge in [0.05, 0.1) is 23.7 Å². The molecule has 2 aliphatic heterocycles. The molecule has 4 aromatic rings. The van der Waals surface area contributed by atoms with Crippen molar-refractivity contribution in [2.75, 3.05) is 54.1 Å². The molecule has 2 aromatic carbocycles. The first-order chi connectivity index (χ1) is 20.9. The number of benzene rings is 2. The Hall–Kier alpha value is -4.00. The number of halogens is 2. The minimum absolute atomic E-state index is 0.0485. The molecule has 1 spiro atoms. The molecule has 1 amide bonds. The number of amides is 1. The summed E-state index contributed by atoms with van der Waals surface area (Å²) >= 11 is 6.07. The van der Waals surface area contributed by atoms with Crippen molar-refractivity contribution in [3.05, 3.63) is 71.3 Å². The molecular weight excluding hydrogens is 607 g/mol. The van der Waals surface area contributed by atoms with E-state index in [1.807, 2.05) is 38.1 Å². The summed E-state index contributed by atoms with van der Waals surface area (Å²) in [5.41, 5.74) is 2.62. The van der Waals surface area contributed by atoms with Crippen LogP contribution in [0.3, 0.4) is 0 Å². The number of hydrogen-bond donors (Lipinski definition) is 2. The lowest BCUT2D eigenvalue weighted by atomic mass is 9.73. The maximum atomic E-state index is 15.7. The number of sulfonamides is 1. The molecule has 6 rings (SSSR count). The highest BCUT2D eigenvalue weighted by Gasteiger charge is 2.58. The summed E-state index contributed by atoms with van der Waals surface area (Å²) in [5.74, 6) is -0.529. The minimum atomic E-state index is -3.69. The Labute approximate surface area is 260 Å². The predicted octanol–water partition coefficient (Wildman–Crippen LogP) is 4.57. The van der Waals surface area contributed by atoms with Crippen LogP contribution in [0.4, 0.5) is 21.5 Å². The number of carbonyl (C=O) groups excluding carboxylic acids is 1. The highest BCUT2D eigenvalue weighted by atomic mass is 35.5. The number of hydrogen-bond acceptors (Lipinski definition) is 8. The molecule has 2 N–H and O–H groups in total. The first kappa shape index (κ1) is 30.0. The normalized spacial score (nSPS) is 15.7. The van der Waals surface area contributed by atoms with Gasteiger partial charge in [0, 0.05) is 77.8 Å². The summed E-state index contributed by atoms with van der Waals surface area (Å²) in [7, 11) is -1.97. The van der Waals surface area contributed by atoms with Crippen molar-refractivity contribution in [1.29, 1.82) is 0 Å². The van der Waals surface area contributed by atoms with Gasteiger partial charge in [0.25, 0.3) is 0 Å². The SMILES string of the molecule is CC(C)NCCOc1ncc(-c2cc3c4c(cnc3cc2F)N(C)C(=O)C42CN(c3ccc(Cl)cc3)C2)cc1NS(C)(=O)=O. The topological polar surface area (TPSA) is 117 Å². The number of rotatable bonds is 9. The summed E-state index contributed by atoms with van der Waals surface area (Å²) in [5, 5.41) is 4.49. The zero-order valence-electron chi connectivity index (χ0n) is 24.7. The third-order valence-electron chi connectivity index (χ3n) is 7.95. The number of nitrogens with one attached hydrogen (secondary N) is 2. The molecule has 0 aliphatic carbocycles. The largest absolute Gasteiger partial charge is 0.475 e. The van der Waals surface area contributed by atoms with E-state index in [2.05, 4.69) is 24.9 Å². The highest BCUT2D eigenvalue weighted by Crippen LogP contribution is 2.51. The zero-order chi connectivity index (χ0) is 31.4. The van der Waals surface area contributed by atoms with Crippen LogP contribution in [0.2, 0.25) is 5.02 Å². The lowest BCUT2D eigenvalue weighted by Gasteiger charge is -2.48. The smallest absolute Gasteiger partial charge is 0.241 e. The third-order valence-corrected chi connectivity index (χ3v) is 8.80. The van der Waals surface area contributed by atoms with Crippen molar-refractivity contribution in [3.63, 3.8) is 0 Å². The predicted molar refractivity (Wildman–Crippen MR) is 171 cm³/mol. The van der Waals surface area contributed by atoms with Gasteiger partial charge in [0.15, 0.2) is 0 Å². The van der Waals surface area contributed by atoms with Gasteiger partial charge in [-0.15, -0.1) is 0 Å². The van der Waals surface area contributed by atoms with Crippen molar-refractivity contribution in [1.82, 2.24) is 15.3 Å². The first-order valence-corrected chi connectivity index (χ1v) is 16.4. The van der Waals surface area contributed by atoms with Crippen LogP contribution >= 0.6 is 11.6 Å². The fourth-order valence-electron chi connectivity index (χ4n) is 5.93. The second-order valence-corrected chi connectivity index (χ2v) is 13.7. The van der Waals surface area contributed by atoms with E-state index in [9.17, 15) is 13.2 Å². The van der Waals surface area contributed by atoms with E-state index in [1.54, 1.807) is 24.2 Å². The summed E-state index contributed by atoms with van der Waals surface area (Å²) in [4.78, 5) is 26.2. The molecule has 2 aliphatic rings. The van der Waals surface area contributed by atoms with Gasteiger partial charge in [-0.05, 0) is 36.4 Å². The molecular formula is C31H32ClFN6O4S. The minimum Gasteiger partial charge on any atom is -0.475 e. The molecule has 10 nitrogen and oxygen atoms in total. The number of nitrogens with zero attached hydrogens (tertiary/aromatic N) is 4. The number of aromatic nitrogens is 2. The Balaban J connectivity index is 1.40. The quantitative estimate of drug-likeness (QED) is 0.256. The van der Waals surface area contributed by atoms with E-state index in [4.69, 9.17) is 16.3 Å². The average Bonchev–Trinajstić information content (AvgIpc) is 3.17. The van der Waals surface area contributed by atoms with E-state index in [-0.39, 0.29) is 35.7 Å². The van der Waals surface area contributed by atoms with Crippen LogP contribution in [0.1, 0.15) is 19.4 Å². The number of anilines is 3. The molecule has 1 fully saturated rings. The molecule has 44 heavy (non-hydrogen) atoms. The van der Waals surface area contributed by atoms with Crippen LogP contribution in [-0.2, 0) is 20.2 Å². The van der Waals surface area contributed by atoms with Crippen molar-refractivity contribution >= 4 is 55.5 Å². The number of carbonyl (C=O) groups is 1. The molecule has 0 saturated carbocycles. The average molecular weight is 639 g/mol. The van der Waals surface area contributed by atoms with Crippen molar-refractivity contribution in [3.8, 4) is 17.0 Å². The van der Waals surface area contributed by atoms with Crippen LogP contribution in [0.5, 0.6) is 5.88 Å². The van der Waals surface area contributed by atoms with Crippen molar-refractivity contribution in [2.45, 2.75) is 25.3 Å². The Morgan fingerprint density at radius 3 is 2.52 bits per heavy atom. The van der Waals surface area contributed by atoms with Gasteiger partial charge < -0.3 is 19.9 Å². The van der Waals surface area contributed by atoms with Gasteiger partial charge in [-0.2, -0.15) is 0 Å². The Morgan fingerprint density at radius 1 is 1.11 bits per heavy atom.